The van der Waals surface area contributed by atoms with Gasteiger partial charge in [0.25, 0.3) is 11.5 Å². The van der Waals surface area contributed by atoms with Crippen molar-refractivity contribution in [1.82, 2.24) is 14.8 Å². The lowest BCUT2D eigenvalue weighted by atomic mass is 9.97. The third-order valence-electron chi connectivity index (χ3n) is 8.54. The van der Waals surface area contributed by atoms with E-state index < -0.39 is 0 Å². The number of rotatable bonds is 7. The van der Waals surface area contributed by atoms with Gasteiger partial charge in [-0.1, -0.05) is 73.7 Å². The highest BCUT2D eigenvalue weighted by atomic mass is 16.3. The molecule has 2 aliphatic heterocycles. The van der Waals surface area contributed by atoms with Gasteiger partial charge in [-0.15, -0.1) is 0 Å². The fourth-order valence-corrected chi connectivity index (χ4v) is 6.66. The van der Waals surface area contributed by atoms with Crippen molar-refractivity contribution in [2.75, 3.05) is 0 Å². The number of benzene rings is 3. The highest BCUT2D eigenvalue weighted by Crippen LogP contribution is 2.38. The largest absolute Gasteiger partial charge is 0.393 e. The molecular formula is C33H35N3O3. The van der Waals surface area contributed by atoms with Crippen LogP contribution in [-0.2, 0) is 6.54 Å². The van der Waals surface area contributed by atoms with Gasteiger partial charge in [0.15, 0.2) is 0 Å². The van der Waals surface area contributed by atoms with Gasteiger partial charge in [-0.05, 0) is 55.9 Å². The topological polar surface area (TPSA) is 74.6 Å². The number of fused-ring (bicyclic) bond motifs is 3. The summed E-state index contributed by atoms with van der Waals surface area (Å²) in [5, 5.41) is 14.9. The molecule has 0 saturated carbocycles. The minimum Gasteiger partial charge on any atom is -0.393 e. The lowest BCUT2D eigenvalue weighted by molar-refractivity contribution is 0.0298. The van der Waals surface area contributed by atoms with Gasteiger partial charge >= 0.3 is 0 Å². The molecule has 0 radical (unpaired) electrons. The van der Waals surface area contributed by atoms with Gasteiger partial charge in [0.2, 0.25) is 0 Å². The molecular weight excluding hydrogens is 486 g/mol. The van der Waals surface area contributed by atoms with Crippen molar-refractivity contribution in [3.8, 4) is 5.69 Å². The lowest BCUT2D eigenvalue weighted by Crippen LogP contribution is -2.45. The fraction of sp³-hybridized carbons (Fsp3) is 0.333. The predicted octanol–water partition coefficient (Wildman–Crippen LogP) is 5.36. The number of carbonyl (C=O) groups excluding carboxylic acids is 1. The molecule has 2 aliphatic rings. The molecule has 6 rings (SSSR count). The molecule has 2 bridgehead atoms. The number of nitrogens with zero attached hydrogens (tertiary/aromatic N) is 2. The van der Waals surface area contributed by atoms with Crippen LogP contribution in [0.2, 0.25) is 0 Å². The second-order valence-electron chi connectivity index (χ2n) is 10.9. The third-order valence-corrected chi connectivity index (χ3v) is 8.54. The zero-order valence-electron chi connectivity index (χ0n) is 22.3. The van der Waals surface area contributed by atoms with E-state index in [0.29, 0.717) is 28.6 Å². The predicted molar refractivity (Wildman–Crippen MR) is 154 cm³/mol. The number of amides is 1. The first kappa shape index (κ1) is 25.5. The number of carbonyl (C=O) groups is 1. The Hall–Kier alpha value is -3.74. The summed E-state index contributed by atoms with van der Waals surface area (Å²) >= 11 is 0. The molecule has 0 spiro atoms. The molecule has 2 unspecified atom stereocenters. The number of hydrogen-bond donors (Lipinski definition) is 2. The Labute approximate surface area is 228 Å². The van der Waals surface area contributed by atoms with E-state index >= 15 is 0 Å². The summed E-state index contributed by atoms with van der Waals surface area (Å²) < 4.78 is 1.74. The molecule has 6 heteroatoms. The van der Waals surface area contributed by atoms with Crippen LogP contribution in [0, 0.1) is 0 Å². The van der Waals surface area contributed by atoms with Crippen LogP contribution in [0.4, 0.5) is 0 Å². The number of nitrogens with one attached hydrogen (secondary N) is 1. The molecule has 2 saturated heterocycles. The SMILES string of the molecule is CC[C@H](NC(=O)c1c(CN2C3CCC2CC(O)C3)n(-c2ccccc2)c(=O)c2ccccc12)c1ccccc1. The molecule has 3 atom stereocenters. The van der Waals surface area contributed by atoms with E-state index in [1.807, 2.05) is 84.9 Å². The Morgan fingerprint density at radius 2 is 1.49 bits per heavy atom. The number of para-hydroxylation sites is 1. The molecule has 2 fully saturated rings. The van der Waals surface area contributed by atoms with Crippen molar-refractivity contribution < 1.29 is 9.90 Å². The van der Waals surface area contributed by atoms with E-state index in [9.17, 15) is 14.7 Å². The summed E-state index contributed by atoms with van der Waals surface area (Å²) in [6, 6.07) is 27.4. The first-order valence-electron chi connectivity index (χ1n) is 14.1. The monoisotopic (exact) mass is 521 g/mol. The normalized spacial score (nSPS) is 21.6. The maximum atomic E-state index is 14.3. The number of pyridine rings is 1. The highest BCUT2D eigenvalue weighted by Gasteiger charge is 2.41. The second-order valence-corrected chi connectivity index (χ2v) is 10.9. The zero-order chi connectivity index (χ0) is 26.9. The quantitative estimate of drug-likeness (QED) is 0.343. The second kappa shape index (κ2) is 10.8. The van der Waals surface area contributed by atoms with Crippen LogP contribution < -0.4 is 10.9 Å². The highest BCUT2D eigenvalue weighted by molar-refractivity contribution is 6.08. The summed E-state index contributed by atoms with van der Waals surface area (Å²) in [5.41, 5.74) is 2.94. The molecule has 200 valence electrons. The third kappa shape index (κ3) is 4.79. The van der Waals surface area contributed by atoms with Crippen molar-refractivity contribution in [3.05, 3.63) is 112 Å². The average molecular weight is 522 g/mol. The standard InChI is InChI=1S/C33H35N3O3/c1-2-29(22-11-5-3-6-12-22)34-32(38)31-27-15-9-10-16-28(27)33(39)36(23-13-7-4-8-14-23)30(31)21-35-24-17-18-25(35)20-26(37)19-24/h3-16,24-26,29,37H,2,17-21H2,1H3,(H,34,38)/t24?,25?,26?,29-/m0/s1. The Bertz CT molecular complexity index is 1520. The summed E-state index contributed by atoms with van der Waals surface area (Å²) in [6.07, 6.45) is 3.97. The fourth-order valence-electron chi connectivity index (χ4n) is 6.66. The van der Waals surface area contributed by atoms with Gasteiger partial charge in [0.05, 0.1) is 23.4 Å². The van der Waals surface area contributed by atoms with Crippen LogP contribution in [-0.4, -0.2) is 38.7 Å². The van der Waals surface area contributed by atoms with E-state index in [1.54, 1.807) is 4.57 Å². The van der Waals surface area contributed by atoms with Crippen LogP contribution in [0.15, 0.2) is 89.7 Å². The smallest absolute Gasteiger partial charge is 0.263 e. The van der Waals surface area contributed by atoms with Crippen LogP contribution in [0.5, 0.6) is 0 Å². The molecule has 1 aromatic heterocycles. The Morgan fingerprint density at radius 3 is 2.13 bits per heavy atom. The van der Waals surface area contributed by atoms with E-state index in [4.69, 9.17) is 0 Å². The minimum atomic E-state index is -0.286. The summed E-state index contributed by atoms with van der Waals surface area (Å²) in [6.45, 7) is 2.54. The van der Waals surface area contributed by atoms with E-state index in [-0.39, 0.29) is 35.7 Å². The van der Waals surface area contributed by atoms with Crippen LogP contribution in [0.3, 0.4) is 0 Å². The van der Waals surface area contributed by atoms with E-state index in [1.165, 1.54) is 0 Å². The molecule has 2 N–H and O–H groups in total. The van der Waals surface area contributed by atoms with Gasteiger partial charge in [0.1, 0.15) is 0 Å². The molecule has 1 amide bonds. The molecule has 4 aromatic rings. The lowest BCUT2D eigenvalue weighted by Gasteiger charge is -2.38. The van der Waals surface area contributed by atoms with Crippen LogP contribution >= 0.6 is 0 Å². The van der Waals surface area contributed by atoms with Crippen LogP contribution in [0.1, 0.15) is 66.7 Å². The van der Waals surface area contributed by atoms with Gasteiger partial charge < -0.3 is 10.4 Å². The molecule has 3 heterocycles. The molecule has 6 nitrogen and oxygen atoms in total. The number of hydrogen-bond acceptors (Lipinski definition) is 4. The van der Waals surface area contributed by atoms with Crippen LogP contribution in [0.25, 0.3) is 16.5 Å². The molecule has 39 heavy (non-hydrogen) atoms. The number of aliphatic hydroxyl groups is 1. The van der Waals surface area contributed by atoms with Crippen molar-refractivity contribution >= 4 is 16.7 Å². The number of aliphatic hydroxyl groups excluding tert-OH is 1. The first-order valence-corrected chi connectivity index (χ1v) is 14.1. The molecule has 3 aromatic carbocycles. The van der Waals surface area contributed by atoms with Gasteiger partial charge in [-0.25, -0.2) is 0 Å². The maximum absolute atomic E-state index is 14.3. The summed E-state index contributed by atoms with van der Waals surface area (Å²) in [4.78, 5) is 30.8. The van der Waals surface area contributed by atoms with Crippen molar-refractivity contribution in [2.24, 2.45) is 0 Å². The van der Waals surface area contributed by atoms with E-state index in [0.717, 1.165) is 43.4 Å². The van der Waals surface area contributed by atoms with Gasteiger partial charge in [-0.2, -0.15) is 0 Å². The Balaban J connectivity index is 1.54. The Kier molecular flexibility index (Phi) is 7.07. The summed E-state index contributed by atoms with van der Waals surface area (Å²) in [7, 11) is 0. The summed E-state index contributed by atoms with van der Waals surface area (Å²) in [5.74, 6) is -0.175. The molecule has 0 aliphatic carbocycles. The minimum absolute atomic E-state index is 0.122. The van der Waals surface area contributed by atoms with Gasteiger partial charge in [0, 0.05) is 35.1 Å². The van der Waals surface area contributed by atoms with E-state index in [2.05, 4.69) is 17.1 Å². The van der Waals surface area contributed by atoms with Crippen molar-refractivity contribution in [3.63, 3.8) is 0 Å². The average Bonchev–Trinajstić information content (AvgIpc) is 3.20. The number of piperidine rings is 1. The maximum Gasteiger partial charge on any atom is 0.263 e. The Morgan fingerprint density at radius 1 is 0.897 bits per heavy atom. The number of aromatic nitrogens is 1. The van der Waals surface area contributed by atoms with Gasteiger partial charge in [-0.3, -0.25) is 19.1 Å². The van der Waals surface area contributed by atoms with Crippen molar-refractivity contribution in [1.29, 1.82) is 0 Å². The zero-order valence-corrected chi connectivity index (χ0v) is 22.3. The van der Waals surface area contributed by atoms with Crippen molar-refractivity contribution in [2.45, 2.75) is 69.8 Å². The first-order chi connectivity index (χ1) is 19.0.